The largest absolute Gasteiger partial charge is 0.326 e. The van der Waals surface area contributed by atoms with Crippen molar-refractivity contribution in [2.75, 3.05) is 0 Å². The molecule has 0 bridgehead atoms. The van der Waals surface area contributed by atoms with Crippen LogP contribution in [0.5, 0.6) is 0 Å². The molecule has 1 aromatic heterocycles. The van der Waals surface area contributed by atoms with Crippen LogP contribution in [0.3, 0.4) is 0 Å². The van der Waals surface area contributed by atoms with Gasteiger partial charge in [-0.1, -0.05) is 0 Å². The highest BCUT2D eigenvalue weighted by atomic mass is 19.2. The Morgan fingerprint density at radius 2 is 1.59 bits per heavy atom. The number of aromatic nitrogens is 1. The van der Waals surface area contributed by atoms with Gasteiger partial charge in [0.05, 0.1) is 0 Å². The Kier molecular flexibility index (Phi) is 3.10. The summed E-state index contributed by atoms with van der Waals surface area (Å²) in [7, 11) is 0. The van der Waals surface area contributed by atoms with Gasteiger partial charge < -0.3 is 5.73 Å². The van der Waals surface area contributed by atoms with Crippen LogP contribution in [-0.2, 0) is 6.54 Å². The lowest BCUT2D eigenvalue weighted by Crippen LogP contribution is -1.98. The van der Waals surface area contributed by atoms with Gasteiger partial charge in [-0.25, -0.2) is 13.2 Å². The number of nitrogens with zero attached hydrogens (tertiary/aromatic N) is 1. The molecule has 2 rings (SSSR count). The van der Waals surface area contributed by atoms with Crippen molar-refractivity contribution in [1.29, 1.82) is 0 Å². The molecular formula is C12H9F3N2. The Hall–Kier alpha value is -1.88. The molecule has 2 N–H and O–H groups in total. The van der Waals surface area contributed by atoms with Crippen molar-refractivity contribution in [3.05, 3.63) is 53.6 Å². The smallest absolute Gasteiger partial charge is 0.194 e. The minimum absolute atomic E-state index is 0.226. The normalized spacial score (nSPS) is 10.6. The van der Waals surface area contributed by atoms with Gasteiger partial charge in [-0.15, -0.1) is 0 Å². The van der Waals surface area contributed by atoms with Crippen LogP contribution in [-0.4, -0.2) is 4.98 Å². The van der Waals surface area contributed by atoms with E-state index in [4.69, 9.17) is 5.73 Å². The van der Waals surface area contributed by atoms with Gasteiger partial charge in [-0.2, -0.15) is 0 Å². The quantitative estimate of drug-likeness (QED) is 0.817. The van der Waals surface area contributed by atoms with Crippen LogP contribution in [0.25, 0.3) is 11.1 Å². The summed E-state index contributed by atoms with van der Waals surface area (Å²) in [5.41, 5.74) is 6.88. The highest BCUT2D eigenvalue weighted by Gasteiger charge is 2.11. The summed E-state index contributed by atoms with van der Waals surface area (Å²) in [6.45, 7) is 0.271. The van der Waals surface area contributed by atoms with Crippen LogP contribution >= 0.6 is 0 Å². The molecule has 0 saturated carbocycles. The average Bonchev–Trinajstić information content (AvgIpc) is 2.35. The zero-order valence-electron chi connectivity index (χ0n) is 8.75. The molecule has 0 atom stereocenters. The molecule has 1 heterocycles. The molecule has 17 heavy (non-hydrogen) atoms. The van der Waals surface area contributed by atoms with Crippen LogP contribution in [0, 0.1) is 17.5 Å². The highest BCUT2D eigenvalue weighted by molar-refractivity contribution is 5.63. The topological polar surface area (TPSA) is 38.9 Å². The molecule has 5 heteroatoms. The van der Waals surface area contributed by atoms with E-state index in [1.165, 1.54) is 6.20 Å². The maximum Gasteiger partial charge on any atom is 0.194 e. The van der Waals surface area contributed by atoms with Gasteiger partial charge in [-0.05, 0) is 29.3 Å². The second-order valence-electron chi connectivity index (χ2n) is 3.54. The van der Waals surface area contributed by atoms with Gasteiger partial charge in [-0.3, -0.25) is 4.98 Å². The molecule has 0 amide bonds. The van der Waals surface area contributed by atoms with Crippen molar-refractivity contribution in [2.24, 2.45) is 5.73 Å². The van der Waals surface area contributed by atoms with Gasteiger partial charge in [0, 0.05) is 24.5 Å². The molecule has 0 spiro atoms. The average molecular weight is 238 g/mol. The third-order valence-corrected chi connectivity index (χ3v) is 2.35. The van der Waals surface area contributed by atoms with E-state index in [1.807, 2.05) is 0 Å². The zero-order valence-corrected chi connectivity index (χ0v) is 8.75. The first-order chi connectivity index (χ1) is 8.11. The van der Waals surface area contributed by atoms with E-state index in [1.54, 1.807) is 12.3 Å². The molecule has 0 aliphatic carbocycles. The summed E-state index contributed by atoms with van der Waals surface area (Å²) in [5, 5.41) is 0. The van der Waals surface area contributed by atoms with Crippen LogP contribution in [0.4, 0.5) is 13.2 Å². The van der Waals surface area contributed by atoms with Crippen molar-refractivity contribution in [3.8, 4) is 11.1 Å². The maximum absolute atomic E-state index is 13.0. The monoisotopic (exact) mass is 238 g/mol. The van der Waals surface area contributed by atoms with E-state index in [9.17, 15) is 13.2 Å². The number of halogens is 3. The van der Waals surface area contributed by atoms with Gasteiger partial charge in [0.2, 0.25) is 0 Å². The Morgan fingerprint density at radius 1 is 0.941 bits per heavy atom. The number of nitrogens with two attached hydrogens (primary N) is 1. The molecular weight excluding hydrogens is 229 g/mol. The third kappa shape index (κ3) is 2.29. The Morgan fingerprint density at radius 3 is 2.18 bits per heavy atom. The van der Waals surface area contributed by atoms with Crippen molar-refractivity contribution in [1.82, 2.24) is 4.98 Å². The lowest BCUT2D eigenvalue weighted by atomic mass is 10.1. The molecule has 2 nitrogen and oxygen atoms in total. The standard InChI is InChI=1S/C12H9F3N2/c13-10-2-8(3-11(14)12(10)15)9-1-7(4-16)5-17-6-9/h1-3,5-6H,4,16H2. The number of hydrogen-bond acceptors (Lipinski definition) is 2. The van der Waals surface area contributed by atoms with E-state index in [0.29, 0.717) is 5.56 Å². The SMILES string of the molecule is NCc1cncc(-c2cc(F)c(F)c(F)c2)c1. The van der Waals surface area contributed by atoms with E-state index < -0.39 is 17.5 Å². The van der Waals surface area contributed by atoms with E-state index in [-0.39, 0.29) is 12.1 Å². The predicted molar refractivity (Wildman–Crippen MR) is 57.4 cm³/mol. The number of benzene rings is 1. The molecule has 0 unspecified atom stereocenters. The summed E-state index contributed by atoms with van der Waals surface area (Å²) in [4.78, 5) is 3.89. The summed E-state index contributed by atoms with van der Waals surface area (Å²) in [6.07, 6.45) is 2.99. The molecule has 0 saturated heterocycles. The molecule has 0 aliphatic rings. The summed E-state index contributed by atoms with van der Waals surface area (Å²) in [6, 6.07) is 3.50. The molecule has 1 aromatic carbocycles. The van der Waals surface area contributed by atoms with Crippen molar-refractivity contribution < 1.29 is 13.2 Å². The van der Waals surface area contributed by atoms with E-state index in [2.05, 4.69) is 4.98 Å². The second-order valence-corrected chi connectivity index (χ2v) is 3.54. The first-order valence-corrected chi connectivity index (χ1v) is 4.90. The molecule has 2 aromatic rings. The number of rotatable bonds is 2. The van der Waals surface area contributed by atoms with Gasteiger partial charge in [0.1, 0.15) is 0 Å². The minimum atomic E-state index is -1.48. The summed E-state index contributed by atoms with van der Waals surface area (Å²) < 4.78 is 38.9. The van der Waals surface area contributed by atoms with Gasteiger partial charge >= 0.3 is 0 Å². The lowest BCUT2D eigenvalue weighted by Gasteiger charge is -2.05. The molecule has 0 radical (unpaired) electrons. The first kappa shape index (κ1) is 11.6. The Balaban J connectivity index is 2.52. The van der Waals surface area contributed by atoms with Crippen molar-refractivity contribution in [2.45, 2.75) is 6.54 Å². The molecule has 0 aliphatic heterocycles. The van der Waals surface area contributed by atoms with Crippen LogP contribution < -0.4 is 5.73 Å². The van der Waals surface area contributed by atoms with E-state index in [0.717, 1.165) is 17.7 Å². The zero-order chi connectivity index (χ0) is 12.4. The summed E-state index contributed by atoms with van der Waals surface area (Å²) >= 11 is 0. The first-order valence-electron chi connectivity index (χ1n) is 4.90. The fraction of sp³-hybridized carbons (Fsp3) is 0.0833. The highest BCUT2D eigenvalue weighted by Crippen LogP contribution is 2.23. The van der Waals surface area contributed by atoms with Gasteiger partial charge in [0.25, 0.3) is 0 Å². The van der Waals surface area contributed by atoms with Crippen molar-refractivity contribution >= 4 is 0 Å². The van der Waals surface area contributed by atoms with Crippen LogP contribution in [0.2, 0.25) is 0 Å². The molecule has 0 fully saturated rings. The maximum atomic E-state index is 13.0. The fourth-order valence-electron chi connectivity index (χ4n) is 1.48. The fourth-order valence-corrected chi connectivity index (χ4v) is 1.48. The van der Waals surface area contributed by atoms with Crippen LogP contribution in [0.15, 0.2) is 30.6 Å². The van der Waals surface area contributed by atoms with Gasteiger partial charge in [0.15, 0.2) is 17.5 Å². The van der Waals surface area contributed by atoms with E-state index >= 15 is 0 Å². The van der Waals surface area contributed by atoms with Crippen molar-refractivity contribution in [3.63, 3.8) is 0 Å². The Labute approximate surface area is 95.9 Å². The molecule has 88 valence electrons. The van der Waals surface area contributed by atoms with Crippen LogP contribution in [0.1, 0.15) is 5.56 Å². The second kappa shape index (κ2) is 4.55. The number of hydrogen-bond donors (Lipinski definition) is 1. The number of pyridine rings is 1. The lowest BCUT2D eigenvalue weighted by molar-refractivity contribution is 0.447. The minimum Gasteiger partial charge on any atom is -0.326 e. The Bertz CT molecular complexity index is 532. The third-order valence-electron chi connectivity index (χ3n) is 2.35. The summed E-state index contributed by atoms with van der Waals surface area (Å²) in [5.74, 6) is -3.92. The predicted octanol–water partition coefficient (Wildman–Crippen LogP) is 2.62.